The van der Waals surface area contributed by atoms with Crippen molar-refractivity contribution in [2.24, 2.45) is 5.73 Å². The van der Waals surface area contributed by atoms with Crippen LogP contribution in [0.5, 0.6) is 0 Å². The standard InChI is InChI=1S/C18H23N5O2/c1-18(2,3)14-10-23-9-12(5-7-15(23)22-14)21-17(25)11-4-6-13(16(19)24)20-8-11/h4,6,8,10,12H,5,7,9H2,1-3H3,(H2,19,24)(H,21,25). The third-order valence-corrected chi connectivity index (χ3v) is 4.37. The van der Waals surface area contributed by atoms with E-state index in [2.05, 4.69) is 41.8 Å². The number of primary amides is 1. The average Bonchev–Trinajstić information content (AvgIpc) is 2.98. The lowest BCUT2D eigenvalue weighted by molar-refractivity contribution is 0.0924. The van der Waals surface area contributed by atoms with Crippen LogP contribution >= 0.6 is 0 Å². The first kappa shape index (κ1) is 17.1. The highest BCUT2D eigenvalue weighted by atomic mass is 16.2. The van der Waals surface area contributed by atoms with Gasteiger partial charge in [0.1, 0.15) is 11.5 Å². The van der Waals surface area contributed by atoms with Gasteiger partial charge in [0.05, 0.1) is 11.3 Å². The lowest BCUT2D eigenvalue weighted by Crippen LogP contribution is -2.40. The molecule has 0 aromatic carbocycles. The molecule has 2 aromatic heterocycles. The molecule has 0 radical (unpaired) electrons. The smallest absolute Gasteiger partial charge is 0.267 e. The number of nitrogens with one attached hydrogen (secondary N) is 1. The zero-order valence-corrected chi connectivity index (χ0v) is 14.7. The molecule has 132 valence electrons. The van der Waals surface area contributed by atoms with E-state index in [0.29, 0.717) is 12.1 Å². The summed E-state index contributed by atoms with van der Waals surface area (Å²) in [5, 5.41) is 3.03. The van der Waals surface area contributed by atoms with Gasteiger partial charge in [0.15, 0.2) is 0 Å². The highest BCUT2D eigenvalue weighted by Crippen LogP contribution is 2.24. The molecule has 0 saturated carbocycles. The fourth-order valence-electron chi connectivity index (χ4n) is 2.87. The number of carbonyl (C=O) groups excluding carboxylic acids is 2. The number of fused-ring (bicyclic) bond motifs is 1. The van der Waals surface area contributed by atoms with E-state index in [1.54, 1.807) is 6.07 Å². The number of amides is 2. The summed E-state index contributed by atoms with van der Waals surface area (Å²) < 4.78 is 2.13. The van der Waals surface area contributed by atoms with Crippen LogP contribution < -0.4 is 11.1 Å². The van der Waals surface area contributed by atoms with Gasteiger partial charge in [0, 0.05) is 36.8 Å². The number of nitrogens with two attached hydrogens (primary N) is 1. The van der Waals surface area contributed by atoms with Gasteiger partial charge in [-0.25, -0.2) is 4.98 Å². The lowest BCUT2D eigenvalue weighted by atomic mass is 9.93. The van der Waals surface area contributed by atoms with Crippen molar-refractivity contribution < 1.29 is 9.59 Å². The molecule has 0 aliphatic carbocycles. The van der Waals surface area contributed by atoms with Gasteiger partial charge >= 0.3 is 0 Å². The minimum Gasteiger partial charge on any atom is -0.364 e. The van der Waals surface area contributed by atoms with E-state index in [9.17, 15) is 9.59 Å². The third kappa shape index (κ3) is 3.70. The minimum absolute atomic E-state index is 0.0108. The van der Waals surface area contributed by atoms with Crippen LogP contribution in [0.4, 0.5) is 0 Å². The molecular formula is C18H23N5O2. The number of carbonyl (C=O) groups is 2. The zero-order chi connectivity index (χ0) is 18.2. The molecule has 2 aromatic rings. The molecular weight excluding hydrogens is 318 g/mol. The Morgan fingerprint density at radius 2 is 2.08 bits per heavy atom. The summed E-state index contributed by atoms with van der Waals surface area (Å²) in [6.07, 6.45) is 5.13. The van der Waals surface area contributed by atoms with Crippen LogP contribution in [-0.2, 0) is 18.4 Å². The van der Waals surface area contributed by atoms with Crippen molar-refractivity contribution in [2.45, 2.75) is 51.6 Å². The predicted octanol–water partition coefficient (Wildman–Crippen LogP) is 1.42. The van der Waals surface area contributed by atoms with Crippen LogP contribution in [0.3, 0.4) is 0 Å². The van der Waals surface area contributed by atoms with Crippen molar-refractivity contribution in [1.82, 2.24) is 19.9 Å². The van der Waals surface area contributed by atoms with Crippen LogP contribution in [0.25, 0.3) is 0 Å². The summed E-state index contributed by atoms with van der Waals surface area (Å²) in [5.74, 6) is 0.262. The Labute approximate surface area is 146 Å². The molecule has 1 atom stereocenters. The second kappa shape index (κ2) is 6.31. The van der Waals surface area contributed by atoms with Crippen LogP contribution in [0.2, 0.25) is 0 Å². The molecule has 25 heavy (non-hydrogen) atoms. The van der Waals surface area contributed by atoms with Gasteiger partial charge in [-0.2, -0.15) is 0 Å². The predicted molar refractivity (Wildman–Crippen MR) is 93.3 cm³/mol. The number of aryl methyl sites for hydroxylation is 1. The fraction of sp³-hybridized carbons (Fsp3) is 0.444. The third-order valence-electron chi connectivity index (χ3n) is 4.37. The maximum atomic E-state index is 12.4. The Kier molecular flexibility index (Phi) is 4.32. The molecule has 0 bridgehead atoms. The van der Waals surface area contributed by atoms with Crippen LogP contribution in [0.15, 0.2) is 24.5 Å². The average molecular weight is 341 g/mol. The first-order valence-corrected chi connectivity index (χ1v) is 8.37. The molecule has 3 N–H and O–H groups in total. The van der Waals surface area contributed by atoms with Gasteiger partial charge in [-0.3, -0.25) is 14.6 Å². The summed E-state index contributed by atoms with van der Waals surface area (Å²) in [6.45, 7) is 7.13. The monoisotopic (exact) mass is 341 g/mol. The quantitative estimate of drug-likeness (QED) is 0.881. The highest BCUT2D eigenvalue weighted by Gasteiger charge is 2.25. The van der Waals surface area contributed by atoms with Crippen LogP contribution in [-0.4, -0.2) is 32.4 Å². The molecule has 3 rings (SSSR count). The van der Waals surface area contributed by atoms with E-state index < -0.39 is 5.91 Å². The summed E-state index contributed by atoms with van der Waals surface area (Å²) >= 11 is 0. The molecule has 7 nitrogen and oxygen atoms in total. The number of aromatic nitrogens is 3. The van der Waals surface area contributed by atoms with E-state index in [-0.39, 0.29) is 23.1 Å². The van der Waals surface area contributed by atoms with Crippen LogP contribution in [0, 0.1) is 0 Å². The number of hydrogen-bond acceptors (Lipinski definition) is 4. The molecule has 1 aliphatic rings. The van der Waals surface area contributed by atoms with Crippen molar-refractivity contribution in [3.8, 4) is 0 Å². The lowest BCUT2D eigenvalue weighted by Gasteiger charge is -2.24. The van der Waals surface area contributed by atoms with Gasteiger partial charge in [-0.1, -0.05) is 20.8 Å². The number of pyridine rings is 1. The van der Waals surface area contributed by atoms with Gasteiger partial charge in [0.25, 0.3) is 11.8 Å². The van der Waals surface area contributed by atoms with E-state index in [0.717, 1.165) is 24.4 Å². The topological polar surface area (TPSA) is 103 Å². The normalized spacial score (nSPS) is 17.0. The molecule has 7 heteroatoms. The Morgan fingerprint density at radius 3 is 2.68 bits per heavy atom. The molecule has 1 aliphatic heterocycles. The maximum absolute atomic E-state index is 12.4. The molecule has 0 spiro atoms. The summed E-state index contributed by atoms with van der Waals surface area (Å²) in [7, 11) is 0. The summed E-state index contributed by atoms with van der Waals surface area (Å²) in [6, 6.07) is 3.06. The van der Waals surface area contributed by atoms with Crippen molar-refractivity contribution in [3.05, 3.63) is 47.3 Å². The Hall–Kier alpha value is -2.70. The van der Waals surface area contributed by atoms with Gasteiger partial charge in [-0.15, -0.1) is 0 Å². The summed E-state index contributed by atoms with van der Waals surface area (Å²) in [5.41, 5.74) is 6.80. The molecule has 3 heterocycles. The first-order valence-electron chi connectivity index (χ1n) is 8.37. The van der Waals surface area contributed by atoms with Crippen molar-refractivity contribution in [2.75, 3.05) is 0 Å². The minimum atomic E-state index is -0.610. The van der Waals surface area contributed by atoms with Gasteiger partial charge in [-0.05, 0) is 18.6 Å². The Bertz CT molecular complexity index is 802. The maximum Gasteiger partial charge on any atom is 0.267 e. The Balaban J connectivity index is 1.67. The molecule has 2 amide bonds. The second-order valence-corrected chi connectivity index (χ2v) is 7.45. The SMILES string of the molecule is CC(C)(C)c1cn2c(n1)CCC(NC(=O)c1ccc(C(N)=O)nc1)C2. The Morgan fingerprint density at radius 1 is 1.32 bits per heavy atom. The van der Waals surface area contributed by atoms with E-state index in [1.165, 1.54) is 12.3 Å². The second-order valence-electron chi connectivity index (χ2n) is 7.45. The largest absolute Gasteiger partial charge is 0.364 e. The van der Waals surface area contributed by atoms with Crippen LogP contribution in [0.1, 0.15) is 59.6 Å². The van der Waals surface area contributed by atoms with E-state index in [1.807, 2.05) is 0 Å². The first-order chi connectivity index (χ1) is 11.7. The summed E-state index contributed by atoms with van der Waals surface area (Å²) in [4.78, 5) is 32.0. The molecule has 1 unspecified atom stereocenters. The van der Waals surface area contributed by atoms with Gasteiger partial charge in [0.2, 0.25) is 0 Å². The molecule has 0 saturated heterocycles. The zero-order valence-electron chi connectivity index (χ0n) is 14.7. The van der Waals surface area contributed by atoms with E-state index >= 15 is 0 Å². The fourth-order valence-corrected chi connectivity index (χ4v) is 2.87. The van der Waals surface area contributed by atoms with E-state index in [4.69, 9.17) is 10.7 Å². The number of rotatable bonds is 3. The highest BCUT2D eigenvalue weighted by molar-refractivity contribution is 5.95. The molecule has 0 fully saturated rings. The van der Waals surface area contributed by atoms with Crippen molar-refractivity contribution in [3.63, 3.8) is 0 Å². The number of imidazole rings is 1. The van der Waals surface area contributed by atoms with Gasteiger partial charge < -0.3 is 15.6 Å². The van der Waals surface area contributed by atoms with Crippen molar-refractivity contribution >= 4 is 11.8 Å². The number of nitrogens with zero attached hydrogens (tertiary/aromatic N) is 3. The van der Waals surface area contributed by atoms with Crippen molar-refractivity contribution in [1.29, 1.82) is 0 Å². The number of hydrogen-bond donors (Lipinski definition) is 2.